The van der Waals surface area contributed by atoms with Crippen LogP contribution in [0.25, 0.3) is 11.2 Å². The highest BCUT2D eigenvalue weighted by Crippen LogP contribution is 2.32. The summed E-state index contributed by atoms with van der Waals surface area (Å²) in [6.07, 6.45) is 2.11. The van der Waals surface area contributed by atoms with Gasteiger partial charge in [0.15, 0.2) is 17.1 Å². The van der Waals surface area contributed by atoms with E-state index in [9.17, 15) is 9.59 Å². The third-order valence-corrected chi connectivity index (χ3v) is 5.13. The second-order valence-electron chi connectivity index (χ2n) is 8.21. The first-order chi connectivity index (χ1) is 12.7. The number of aryl methyl sites for hydroxylation is 1. The molecule has 0 spiro atoms. The van der Waals surface area contributed by atoms with Gasteiger partial charge >= 0.3 is 5.69 Å². The molecule has 28 heavy (non-hydrogen) atoms. The molecule has 0 aliphatic rings. The molecular weight excluding hydrogens is 362 g/mol. The number of nitrogens with zero attached hydrogens (tertiary/aromatic N) is 6. The van der Waals surface area contributed by atoms with Crippen molar-refractivity contribution in [2.75, 3.05) is 7.05 Å². The molecule has 2 rings (SSSR count). The van der Waals surface area contributed by atoms with Gasteiger partial charge in [-0.25, -0.2) is 9.78 Å². The number of aliphatic imine (C=N–C) groups is 1. The van der Waals surface area contributed by atoms with Crippen LogP contribution < -0.4 is 22.7 Å². The van der Waals surface area contributed by atoms with Crippen molar-refractivity contribution in [1.82, 2.24) is 23.6 Å². The molecule has 0 fully saturated rings. The quantitative estimate of drug-likeness (QED) is 0.471. The van der Waals surface area contributed by atoms with Crippen LogP contribution in [0.3, 0.4) is 0 Å². The number of hydrogen-bond donors (Lipinski definition) is 3. The highest BCUT2D eigenvalue weighted by Gasteiger charge is 2.36. The molecule has 0 atom stereocenters. The van der Waals surface area contributed by atoms with Gasteiger partial charge in [-0.3, -0.25) is 19.3 Å². The zero-order valence-electron chi connectivity index (χ0n) is 17.4. The predicted molar refractivity (Wildman–Crippen MR) is 110 cm³/mol. The van der Waals surface area contributed by atoms with Gasteiger partial charge in [0, 0.05) is 32.2 Å². The Labute approximate surface area is 162 Å². The van der Waals surface area contributed by atoms with Crippen molar-refractivity contribution in [3.05, 3.63) is 27.2 Å². The molecular formula is C17H29N9O2. The Kier molecular flexibility index (Phi) is 5.15. The van der Waals surface area contributed by atoms with E-state index in [4.69, 9.17) is 16.9 Å². The maximum atomic E-state index is 12.8. The minimum absolute atomic E-state index is 0.0606. The molecule has 0 unspecified atom stereocenters. The molecule has 0 radical (unpaired) electrons. The van der Waals surface area contributed by atoms with Gasteiger partial charge < -0.3 is 20.9 Å². The monoisotopic (exact) mass is 391 g/mol. The smallest absolute Gasteiger partial charge is 0.332 e. The zero-order valence-corrected chi connectivity index (χ0v) is 17.4. The summed E-state index contributed by atoms with van der Waals surface area (Å²) in [5.74, 6) is -0.244. The van der Waals surface area contributed by atoms with E-state index in [1.165, 1.54) is 11.6 Å². The Bertz CT molecular complexity index is 1060. The maximum absolute atomic E-state index is 12.8. The summed E-state index contributed by atoms with van der Waals surface area (Å²) in [4.78, 5) is 34.7. The van der Waals surface area contributed by atoms with Crippen LogP contribution in [0.1, 0.15) is 34.1 Å². The number of rotatable bonds is 4. The highest BCUT2D eigenvalue weighted by atomic mass is 16.2. The van der Waals surface area contributed by atoms with Crippen molar-refractivity contribution < 1.29 is 0 Å². The molecule has 0 aliphatic heterocycles. The number of nitrogens with one attached hydrogen (secondary N) is 1. The van der Waals surface area contributed by atoms with Crippen LogP contribution in [0.2, 0.25) is 0 Å². The number of hydrogen-bond acceptors (Lipinski definition) is 4. The minimum Gasteiger partial charge on any atom is -0.370 e. The van der Waals surface area contributed by atoms with Gasteiger partial charge in [-0.05, 0) is 34.1 Å². The second kappa shape index (κ2) is 6.80. The van der Waals surface area contributed by atoms with E-state index in [1.807, 2.05) is 27.7 Å². The predicted octanol–water partition coefficient (Wildman–Crippen LogP) is -0.523. The number of nitrogens with two attached hydrogens (primary N) is 2. The van der Waals surface area contributed by atoms with Gasteiger partial charge in [0.2, 0.25) is 5.96 Å². The Morgan fingerprint density at radius 3 is 2.32 bits per heavy atom. The zero-order chi connectivity index (χ0) is 21.6. The molecule has 0 saturated heterocycles. The van der Waals surface area contributed by atoms with Crippen LogP contribution in [0.15, 0.2) is 20.9 Å². The number of imidazole rings is 1. The van der Waals surface area contributed by atoms with E-state index in [0.717, 1.165) is 4.57 Å². The van der Waals surface area contributed by atoms with Crippen LogP contribution in [-0.2, 0) is 19.6 Å². The maximum Gasteiger partial charge on any atom is 0.332 e. The fourth-order valence-electron chi connectivity index (χ4n) is 3.55. The van der Waals surface area contributed by atoms with Gasteiger partial charge in [0.05, 0.1) is 6.33 Å². The molecule has 0 aromatic carbocycles. The molecule has 0 bridgehead atoms. The molecule has 0 saturated carbocycles. The van der Waals surface area contributed by atoms with Crippen LogP contribution in [0.4, 0.5) is 0 Å². The topological polar surface area (TPSA) is 153 Å². The summed E-state index contributed by atoms with van der Waals surface area (Å²) in [6, 6.07) is 0. The van der Waals surface area contributed by atoms with E-state index >= 15 is 0 Å². The number of aromatic nitrogens is 4. The molecule has 2 aromatic rings. The summed E-state index contributed by atoms with van der Waals surface area (Å²) in [5.41, 5.74) is 9.54. The van der Waals surface area contributed by atoms with Gasteiger partial charge in [-0.2, -0.15) is 4.99 Å². The van der Waals surface area contributed by atoms with Crippen LogP contribution in [0.5, 0.6) is 0 Å². The van der Waals surface area contributed by atoms with Gasteiger partial charge in [-0.1, -0.05) is 0 Å². The molecule has 2 heterocycles. The Morgan fingerprint density at radius 1 is 1.21 bits per heavy atom. The van der Waals surface area contributed by atoms with E-state index in [1.54, 1.807) is 29.9 Å². The normalized spacial score (nSPS) is 12.2. The summed E-state index contributed by atoms with van der Waals surface area (Å²) in [6.45, 7) is 7.86. The van der Waals surface area contributed by atoms with Crippen LogP contribution in [0, 0.1) is 5.41 Å². The average molecular weight is 391 g/mol. The van der Waals surface area contributed by atoms with Crippen molar-refractivity contribution in [3.63, 3.8) is 0 Å². The molecule has 2 aromatic heterocycles. The van der Waals surface area contributed by atoms with Gasteiger partial charge in [-0.15, -0.1) is 0 Å². The first kappa shape index (κ1) is 21.2. The lowest BCUT2D eigenvalue weighted by Gasteiger charge is -2.42. The van der Waals surface area contributed by atoms with Crippen LogP contribution in [-0.4, -0.2) is 48.1 Å². The minimum atomic E-state index is -0.561. The van der Waals surface area contributed by atoms with E-state index in [2.05, 4.69) is 9.98 Å². The first-order valence-corrected chi connectivity index (χ1v) is 8.76. The summed E-state index contributed by atoms with van der Waals surface area (Å²) < 4.78 is 4.21. The molecule has 11 heteroatoms. The third-order valence-electron chi connectivity index (χ3n) is 5.13. The molecule has 5 N–H and O–H groups in total. The highest BCUT2D eigenvalue weighted by molar-refractivity contribution is 5.91. The number of fused-ring (bicyclic) bond motifs is 1. The van der Waals surface area contributed by atoms with Crippen molar-refractivity contribution in [2.45, 2.75) is 45.2 Å². The van der Waals surface area contributed by atoms with Crippen molar-refractivity contribution in [3.8, 4) is 0 Å². The van der Waals surface area contributed by atoms with Crippen molar-refractivity contribution in [1.29, 1.82) is 5.41 Å². The fraction of sp³-hybridized carbons (Fsp3) is 0.588. The first-order valence-electron chi connectivity index (χ1n) is 8.76. The molecule has 0 aliphatic carbocycles. The van der Waals surface area contributed by atoms with Gasteiger partial charge in [0.1, 0.15) is 0 Å². The Morgan fingerprint density at radius 2 is 1.79 bits per heavy atom. The standard InChI is InChI=1S/C17H29N9O2/c1-16(2,25(7)14(20)22-13(18)19)8-17(3,4)26-9-21-11-10(26)12(27)24(6)15(28)23(11)5/h9H,8H2,1-7H3,(H5,18,19,20,22). The van der Waals surface area contributed by atoms with E-state index < -0.39 is 22.3 Å². The lowest BCUT2D eigenvalue weighted by atomic mass is 9.85. The number of guanidine groups is 2. The SMILES string of the molecule is CN(C(=N)N=C(N)N)C(C)(C)CC(C)(C)n1cnc2c1c(=O)n(C)c(=O)n2C. The lowest BCUT2D eigenvalue weighted by Crippen LogP contribution is -2.49. The van der Waals surface area contributed by atoms with E-state index in [0.29, 0.717) is 17.6 Å². The fourth-order valence-corrected chi connectivity index (χ4v) is 3.55. The molecule has 11 nitrogen and oxygen atoms in total. The Hall–Kier alpha value is -3.11. The second-order valence-corrected chi connectivity index (χ2v) is 8.21. The van der Waals surface area contributed by atoms with Crippen molar-refractivity contribution in [2.24, 2.45) is 30.6 Å². The lowest BCUT2D eigenvalue weighted by molar-refractivity contribution is 0.159. The van der Waals surface area contributed by atoms with Crippen molar-refractivity contribution >= 4 is 23.1 Å². The average Bonchev–Trinajstić information content (AvgIpc) is 3.02. The largest absolute Gasteiger partial charge is 0.370 e. The summed E-state index contributed by atoms with van der Waals surface area (Å²) in [5, 5.41) is 8.08. The molecule has 154 valence electrons. The third kappa shape index (κ3) is 3.51. The summed E-state index contributed by atoms with van der Waals surface area (Å²) in [7, 11) is 4.77. The summed E-state index contributed by atoms with van der Waals surface area (Å²) >= 11 is 0. The van der Waals surface area contributed by atoms with Crippen LogP contribution >= 0.6 is 0 Å². The van der Waals surface area contributed by atoms with E-state index in [-0.39, 0.29) is 11.9 Å². The Balaban J connectivity index is 2.54. The van der Waals surface area contributed by atoms with Gasteiger partial charge in [0.25, 0.3) is 5.56 Å². The molecule has 0 amide bonds.